The van der Waals surface area contributed by atoms with E-state index in [9.17, 15) is 0 Å². The number of likely N-dealkylation sites (tertiary alicyclic amines) is 1. The van der Waals surface area contributed by atoms with Crippen molar-refractivity contribution >= 4 is 0 Å². The van der Waals surface area contributed by atoms with Gasteiger partial charge in [-0.2, -0.15) is 0 Å². The Morgan fingerprint density at radius 3 is 3.00 bits per heavy atom. The molecule has 2 fully saturated rings. The fourth-order valence-corrected chi connectivity index (χ4v) is 3.19. The lowest BCUT2D eigenvalue weighted by Gasteiger charge is -2.32. The van der Waals surface area contributed by atoms with Crippen molar-refractivity contribution in [2.45, 2.75) is 24.8 Å². The Morgan fingerprint density at radius 2 is 2.26 bits per heavy atom. The Bertz CT molecular complexity index is 416. The van der Waals surface area contributed by atoms with Crippen molar-refractivity contribution in [1.82, 2.24) is 25.1 Å². The number of piperazine rings is 1. The Kier molecular flexibility index (Phi) is 3.86. The van der Waals surface area contributed by atoms with Gasteiger partial charge in [-0.25, -0.2) is 4.98 Å². The van der Waals surface area contributed by atoms with E-state index >= 15 is 0 Å². The molecule has 2 aliphatic rings. The number of nitrogens with zero attached hydrogens (tertiary/aromatic N) is 3. The lowest BCUT2D eigenvalue weighted by atomic mass is 10.1. The normalized spacial score (nSPS) is 30.0. The summed E-state index contributed by atoms with van der Waals surface area (Å²) in [5, 5.41) is 3.46. The van der Waals surface area contributed by atoms with Crippen LogP contribution in [0.4, 0.5) is 0 Å². The second kappa shape index (κ2) is 5.61. The molecule has 5 heteroatoms. The summed E-state index contributed by atoms with van der Waals surface area (Å²) in [6.45, 7) is 5.66. The third-order valence-electron chi connectivity index (χ3n) is 4.55. The van der Waals surface area contributed by atoms with Gasteiger partial charge in [-0.15, -0.1) is 0 Å². The Labute approximate surface area is 115 Å². The summed E-state index contributed by atoms with van der Waals surface area (Å²) in [7, 11) is 4.40. The number of hydrogen-bond acceptors (Lipinski definition) is 4. The van der Waals surface area contributed by atoms with Gasteiger partial charge in [0.15, 0.2) is 0 Å². The minimum Gasteiger partial charge on any atom is -0.346 e. The number of aromatic nitrogens is 2. The van der Waals surface area contributed by atoms with Crippen LogP contribution in [0, 0.1) is 0 Å². The van der Waals surface area contributed by atoms with E-state index in [0.29, 0.717) is 12.0 Å². The molecule has 2 aliphatic heterocycles. The zero-order chi connectivity index (χ0) is 13.2. The van der Waals surface area contributed by atoms with Gasteiger partial charge in [-0.1, -0.05) is 0 Å². The molecule has 0 radical (unpaired) electrons. The summed E-state index contributed by atoms with van der Waals surface area (Å²) in [5.41, 5.74) is 1.32. The van der Waals surface area contributed by atoms with Crippen LogP contribution in [-0.4, -0.2) is 72.6 Å². The molecular formula is C14H25N5. The van der Waals surface area contributed by atoms with Gasteiger partial charge in [-0.3, -0.25) is 0 Å². The topological polar surface area (TPSA) is 47.2 Å². The number of nitrogens with one attached hydrogen (secondary N) is 2. The summed E-state index contributed by atoms with van der Waals surface area (Å²) in [5.74, 6) is 1.79. The van der Waals surface area contributed by atoms with Crippen LogP contribution in [0.1, 0.15) is 23.9 Å². The average Bonchev–Trinajstić information content (AvgIpc) is 3.01. The van der Waals surface area contributed by atoms with Crippen molar-refractivity contribution in [3.05, 3.63) is 17.7 Å². The largest absolute Gasteiger partial charge is 0.346 e. The predicted octanol–water partition coefficient (Wildman–Crippen LogP) is 0.275. The number of imidazole rings is 1. The Balaban J connectivity index is 1.61. The van der Waals surface area contributed by atoms with Crippen molar-refractivity contribution < 1.29 is 0 Å². The molecule has 0 amide bonds. The van der Waals surface area contributed by atoms with Crippen molar-refractivity contribution in [2.75, 3.05) is 46.8 Å². The molecule has 0 spiro atoms. The molecule has 106 valence electrons. The average molecular weight is 263 g/mol. The summed E-state index contributed by atoms with van der Waals surface area (Å²) >= 11 is 0. The molecule has 0 saturated carbocycles. The molecule has 5 nitrogen and oxygen atoms in total. The van der Waals surface area contributed by atoms with E-state index in [1.807, 2.05) is 0 Å². The minimum absolute atomic E-state index is 0.569. The third kappa shape index (κ3) is 2.99. The van der Waals surface area contributed by atoms with E-state index in [-0.39, 0.29) is 0 Å². The molecule has 0 aromatic carbocycles. The Morgan fingerprint density at radius 1 is 1.37 bits per heavy atom. The molecule has 0 bridgehead atoms. The van der Waals surface area contributed by atoms with E-state index in [4.69, 9.17) is 0 Å². The van der Waals surface area contributed by atoms with Crippen molar-refractivity contribution in [1.29, 1.82) is 0 Å². The summed E-state index contributed by atoms with van der Waals surface area (Å²) in [6.07, 6.45) is 4.32. The van der Waals surface area contributed by atoms with Crippen LogP contribution >= 0.6 is 0 Å². The first-order chi connectivity index (χ1) is 9.22. The third-order valence-corrected chi connectivity index (χ3v) is 4.55. The maximum atomic E-state index is 4.59. The van der Waals surface area contributed by atoms with E-state index in [1.54, 1.807) is 0 Å². The molecule has 1 aromatic heterocycles. The van der Waals surface area contributed by atoms with Gasteiger partial charge >= 0.3 is 0 Å². The molecule has 3 heterocycles. The van der Waals surface area contributed by atoms with Gasteiger partial charge in [0.25, 0.3) is 0 Å². The van der Waals surface area contributed by atoms with Crippen LogP contribution in [0.2, 0.25) is 0 Å². The van der Waals surface area contributed by atoms with Crippen LogP contribution in [0.5, 0.6) is 0 Å². The van der Waals surface area contributed by atoms with E-state index in [1.165, 1.54) is 18.7 Å². The number of aromatic amines is 1. The molecular weight excluding hydrogens is 238 g/mol. The highest BCUT2D eigenvalue weighted by molar-refractivity contribution is 5.11. The predicted molar refractivity (Wildman–Crippen MR) is 76.4 cm³/mol. The molecule has 2 saturated heterocycles. The number of H-pyrrole nitrogens is 1. The smallest absolute Gasteiger partial charge is 0.107 e. The van der Waals surface area contributed by atoms with Gasteiger partial charge in [0, 0.05) is 56.5 Å². The van der Waals surface area contributed by atoms with E-state index in [0.717, 1.165) is 38.4 Å². The first kappa shape index (κ1) is 13.1. The summed E-state index contributed by atoms with van der Waals surface area (Å²) in [4.78, 5) is 13.0. The Hall–Kier alpha value is -0.910. The fraction of sp³-hybridized carbons (Fsp3) is 0.786. The number of hydrogen-bond donors (Lipinski definition) is 2. The van der Waals surface area contributed by atoms with Gasteiger partial charge < -0.3 is 20.1 Å². The zero-order valence-corrected chi connectivity index (χ0v) is 12.0. The van der Waals surface area contributed by atoms with Gasteiger partial charge in [0.05, 0.1) is 0 Å². The maximum Gasteiger partial charge on any atom is 0.107 e. The highest BCUT2D eigenvalue weighted by Gasteiger charge is 2.24. The first-order valence-corrected chi connectivity index (χ1v) is 7.35. The van der Waals surface area contributed by atoms with Crippen LogP contribution in [0.25, 0.3) is 0 Å². The minimum atomic E-state index is 0.569. The lowest BCUT2D eigenvalue weighted by Crippen LogP contribution is -2.50. The number of likely N-dealkylation sites (N-methyl/N-ethyl adjacent to an activating group) is 2. The molecule has 2 N–H and O–H groups in total. The molecule has 1 aromatic rings. The van der Waals surface area contributed by atoms with Gasteiger partial charge in [0.2, 0.25) is 0 Å². The molecule has 0 aliphatic carbocycles. The van der Waals surface area contributed by atoms with Crippen LogP contribution in [0.3, 0.4) is 0 Å². The van der Waals surface area contributed by atoms with Crippen LogP contribution < -0.4 is 5.32 Å². The van der Waals surface area contributed by atoms with Crippen molar-refractivity contribution in [2.24, 2.45) is 0 Å². The monoisotopic (exact) mass is 263 g/mol. The van der Waals surface area contributed by atoms with Gasteiger partial charge in [-0.05, 0) is 27.1 Å². The lowest BCUT2D eigenvalue weighted by molar-refractivity contribution is 0.197. The van der Waals surface area contributed by atoms with E-state index < -0.39 is 0 Å². The van der Waals surface area contributed by atoms with Crippen LogP contribution in [0.15, 0.2) is 6.20 Å². The van der Waals surface area contributed by atoms with Gasteiger partial charge in [0.1, 0.15) is 5.82 Å². The standard InChI is InChI=1S/C14H25N5/c1-18-5-3-11(10-18)13-9-16-14(17-13)7-12-8-15-4-6-19(12)2/h9,11-12,15H,3-8,10H2,1-2H3,(H,16,17). The SMILES string of the molecule is CN1CCC(c2cnc(CC3CNCCN3C)[nH]2)C1. The highest BCUT2D eigenvalue weighted by atomic mass is 15.2. The quantitative estimate of drug-likeness (QED) is 0.822. The first-order valence-electron chi connectivity index (χ1n) is 7.35. The molecule has 2 atom stereocenters. The van der Waals surface area contributed by atoms with Crippen molar-refractivity contribution in [3.63, 3.8) is 0 Å². The van der Waals surface area contributed by atoms with E-state index in [2.05, 4.69) is 45.4 Å². The highest BCUT2D eigenvalue weighted by Crippen LogP contribution is 2.24. The summed E-state index contributed by atoms with van der Waals surface area (Å²) < 4.78 is 0. The molecule has 2 unspecified atom stereocenters. The molecule has 3 rings (SSSR count). The molecule has 19 heavy (non-hydrogen) atoms. The fourth-order valence-electron chi connectivity index (χ4n) is 3.19. The second-order valence-corrected chi connectivity index (χ2v) is 6.08. The zero-order valence-electron chi connectivity index (χ0n) is 12.0. The maximum absolute atomic E-state index is 4.59. The summed E-state index contributed by atoms with van der Waals surface area (Å²) in [6, 6.07) is 0.569. The van der Waals surface area contributed by atoms with Crippen molar-refractivity contribution in [3.8, 4) is 0 Å². The number of rotatable bonds is 3. The second-order valence-electron chi connectivity index (χ2n) is 6.08. The van der Waals surface area contributed by atoms with Crippen LogP contribution in [-0.2, 0) is 6.42 Å².